The highest BCUT2D eigenvalue weighted by molar-refractivity contribution is 5.41. The van der Waals surface area contributed by atoms with Crippen molar-refractivity contribution in [2.45, 2.75) is 25.5 Å². The lowest BCUT2D eigenvalue weighted by Gasteiger charge is -2.04. The first-order chi connectivity index (χ1) is 9.26. The highest BCUT2D eigenvalue weighted by Crippen LogP contribution is 2.24. The van der Waals surface area contributed by atoms with Crippen LogP contribution < -0.4 is 5.32 Å². The second-order valence-corrected chi connectivity index (χ2v) is 4.59. The van der Waals surface area contributed by atoms with Gasteiger partial charge >= 0.3 is 0 Å². The average Bonchev–Trinajstić information content (AvgIpc) is 3.08. The molecule has 1 fully saturated rings. The van der Waals surface area contributed by atoms with Crippen LogP contribution in [-0.2, 0) is 4.74 Å². The molecule has 19 heavy (non-hydrogen) atoms. The van der Waals surface area contributed by atoms with Crippen LogP contribution in [0, 0.1) is 6.92 Å². The van der Waals surface area contributed by atoms with Crippen molar-refractivity contribution in [2.75, 3.05) is 13.7 Å². The molecule has 7 nitrogen and oxygen atoms in total. The van der Waals surface area contributed by atoms with Gasteiger partial charge in [-0.3, -0.25) is 0 Å². The van der Waals surface area contributed by atoms with Crippen LogP contribution in [0.25, 0.3) is 11.6 Å². The number of nitrogens with one attached hydrogen (secondary N) is 1. The Labute approximate surface area is 110 Å². The lowest BCUT2D eigenvalue weighted by molar-refractivity contribution is 0.116. The molecule has 3 heterocycles. The van der Waals surface area contributed by atoms with Crippen LogP contribution in [0.1, 0.15) is 23.9 Å². The molecule has 1 aliphatic heterocycles. The zero-order valence-corrected chi connectivity index (χ0v) is 10.8. The zero-order chi connectivity index (χ0) is 13.2. The Morgan fingerprint density at radius 3 is 2.79 bits per heavy atom. The monoisotopic (exact) mass is 261 g/mol. The molecule has 0 radical (unpaired) electrons. The quantitative estimate of drug-likeness (QED) is 0.877. The summed E-state index contributed by atoms with van der Waals surface area (Å²) >= 11 is 0. The van der Waals surface area contributed by atoms with Crippen LogP contribution in [0.15, 0.2) is 16.9 Å². The van der Waals surface area contributed by atoms with Gasteiger partial charge in [-0.2, -0.15) is 4.98 Å². The smallest absolute Gasteiger partial charge is 0.244 e. The minimum Gasteiger partial charge on any atom is -0.380 e. The molecule has 2 unspecified atom stereocenters. The third-order valence-corrected chi connectivity index (χ3v) is 3.14. The van der Waals surface area contributed by atoms with E-state index in [1.54, 1.807) is 19.5 Å². The summed E-state index contributed by atoms with van der Waals surface area (Å²) in [5, 5.41) is 7.21. The third-order valence-electron chi connectivity index (χ3n) is 3.14. The van der Waals surface area contributed by atoms with Gasteiger partial charge in [0, 0.05) is 26.0 Å². The standard InChI is InChI=1S/C12H15N5O2/c1-7-4-14-10(15-5-7)11-16-12(19-17-11)9-3-8(18-2)6-13-9/h4-5,8-9,13H,3,6H2,1-2H3. The van der Waals surface area contributed by atoms with Crippen molar-refractivity contribution in [3.63, 3.8) is 0 Å². The van der Waals surface area contributed by atoms with Gasteiger partial charge in [0.1, 0.15) is 0 Å². The topological polar surface area (TPSA) is 86.0 Å². The fraction of sp³-hybridized carbons (Fsp3) is 0.500. The summed E-state index contributed by atoms with van der Waals surface area (Å²) < 4.78 is 10.6. The first-order valence-corrected chi connectivity index (χ1v) is 6.15. The van der Waals surface area contributed by atoms with Gasteiger partial charge in [0.05, 0.1) is 12.1 Å². The van der Waals surface area contributed by atoms with E-state index in [2.05, 4.69) is 25.4 Å². The van der Waals surface area contributed by atoms with Crippen LogP contribution in [0.4, 0.5) is 0 Å². The van der Waals surface area contributed by atoms with Crippen LogP contribution in [0.5, 0.6) is 0 Å². The molecule has 7 heteroatoms. The Kier molecular flexibility index (Phi) is 3.22. The normalized spacial score (nSPS) is 22.8. The van der Waals surface area contributed by atoms with Crippen molar-refractivity contribution in [1.29, 1.82) is 0 Å². The highest BCUT2D eigenvalue weighted by atomic mass is 16.5. The maximum absolute atomic E-state index is 5.29. The number of hydrogen-bond donors (Lipinski definition) is 1. The number of hydrogen-bond acceptors (Lipinski definition) is 7. The SMILES string of the molecule is COC1CNC(c2nc(-c3ncc(C)cn3)no2)C1. The van der Waals surface area contributed by atoms with Gasteiger partial charge in [0.2, 0.25) is 17.5 Å². The minimum atomic E-state index is 0.0386. The van der Waals surface area contributed by atoms with Crippen molar-refractivity contribution in [3.05, 3.63) is 23.8 Å². The maximum Gasteiger partial charge on any atom is 0.244 e. The summed E-state index contributed by atoms with van der Waals surface area (Å²) in [5.41, 5.74) is 0.993. The Morgan fingerprint density at radius 1 is 1.32 bits per heavy atom. The molecule has 3 rings (SSSR count). The molecular weight excluding hydrogens is 246 g/mol. The molecule has 0 aliphatic carbocycles. The van der Waals surface area contributed by atoms with Crippen molar-refractivity contribution in [2.24, 2.45) is 0 Å². The van der Waals surface area contributed by atoms with Gasteiger partial charge in [-0.15, -0.1) is 0 Å². The third kappa shape index (κ3) is 2.47. The molecule has 2 aromatic heterocycles. The largest absolute Gasteiger partial charge is 0.380 e. The number of aryl methyl sites for hydroxylation is 1. The molecule has 1 saturated heterocycles. The fourth-order valence-electron chi connectivity index (χ4n) is 2.05. The van der Waals surface area contributed by atoms with E-state index in [-0.39, 0.29) is 12.1 Å². The predicted octanol–water partition coefficient (Wildman–Crippen LogP) is 0.884. The van der Waals surface area contributed by atoms with E-state index in [9.17, 15) is 0 Å². The van der Waals surface area contributed by atoms with E-state index >= 15 is 0 Å². The van der Waals surface area contributed by atoms with E-state index in [0.29, 0.717) is 17.5 Å². The summed E-state index contributed by atoms with van der Waals surface area (Å²) in [6, 6.07) is 0.0386. The Balaban J connectivity index is 1.78. The molecule has 100 valence electrons. The van der Waals surface area contributed by atoms with Crippen LogP contribution in [0.3, 0.4) is 0 Å². The van der Waals surface area contributed by atoms with E-state index in [0.717, 1.165) is 18.5 Å². The van der Waals surface area contributed by atoms with E-state index in [1.807, 2.05) is 6.92 Å². The summed E-state index contributed by atoms with van der Waals surface area (Å²) in [4.78, 5) is 12.7. The fourth-order valence-corrected chi connectivity index (χ4v) is 2.05. The summed E-state index contributed by atoms with van der Waals surface area (Å²) in [6.45, 7) is 2.72. The summed E-state index contributed by atoms with van der Waals surface area (Å²) in [5.74, 6) is 1.44. The molecule has 2 atom stereocenters. The molecule has 1 N–H and O–H groups in total. The van der Waals surface area contributed by atoms with Gasteiger partial charge in [-0.1, -0.05) is 5.16 Å². The number of aromatic nitrogens is 4. The highest BCUT2D eigenvalue weighted by Gasteiger charge is 2.29. The van der Waals surface area contributed by atoms with E-state index < -0.39 is 0 Å². The minimum absolute atomic E-state index is 0.0386. The lowest BCUT2D eigenvalue weighted by Crippen LogP contribution is -2.16. The van der Waals surface area contributed by atoms with Gasteiger partial charge in [0.15, 0.2) is 0 Å². The number of rotatable bonds is 3. The molecule has 1 aliphatic rings. The first kappa shape index (κ1) is 12.2. The summed E-state index contributed by atoms with van der Waals surface area (Å²) in [7, 11) is 1.70. The molecule has 0 spiro atoms. The Bertz CT molecular complexity index is 554. The van der Waals surface area contributed by atoms with Crippen LogP contribution >= 0.6 is 0 Å². The Hall–Kier alpha value is -1.86. The van der Waals surface area contributed by atoms with Gasteiger partial charge in [-0.05, 0) is 18.9 Å². The second-order valence-electron chi connectivity index (χ2n) is 4.59. The molecule has 0 saturated carbocycles. The van der Waals surface area contributed by atoms with Gasteiger partial charge in [-0.25, -0.2) is 9.97 Å². The van der Waals surface area contributed by atoms with Crippen LogP contribution in [0.2, 0.25) is 0 Å². The first-order valence-electron chi connectivity index (χ1n) is 6.15. The van der Waals surface area contributed by atoms with Crippen molar-refractivity contribution in [1.82, 2.24) is 25.4 Å². The van der Waals surface area contributed by atoms with Crippen molar-refractivity contribution >= 4 is 0 Å². The van der Waals surface area contributed by atoms with Crippen molar-refractivity contribution < 1.29 is 9.26 Å². The van der Waals surface area contributed by atoms with Gasteiger partial charge in [0.25, 0.3) is 0 Å². The average molecular weight is 261 g/mol. The predicted molar refractivity (Wildman–Crippen MR) is 66.2 cm³/mol. The Morgan fingerprint density at radius 2 is 2.11 bits per heavy atom. The number of nitrogens with zero attached hydrogens (tertiary/aromatic N) is 4. The molecule has 0 bridgehead atoms. The molecule has 0 aromatic carbocycles. The van der Waals surface area contributed by atoms with E-state index in [1.165, 1.54) is 0 Å². The maximum atomic E-state index is 5.29. The number of methoxy groups -OCH3 is 1. The van der Waals surface area contributed by atoms with Crippen molar-refractivity contribution in [3.8, 4) is 11.6 Å². The number of ether oxygens (including phenoxy) is 1. The second kappa shape index (κ2) is 5.02. The molecule has 0 amide bonds. The van der Waals surface area contributed by atoms with E-state index in [4.69, 9.17) is 9.26 Å². The van der Waals surface area contributed by atoms with Gasteiger partial charge < -0.3 is 14.6 Å². The molecule has 2 aromatic rings. The van der Waals surface area contributed by atoms with Crippen LogP contribution in [-0.4, -0.2) is 39.9 Å². The lowest BCUT2D eigenvalue weighted by atomic mass is 10.2. The zero-order valence-electron chi connectivity index (χ0n) is 10.8. The summed E-state index contributed by atoms with van der Waals surface area (Å²) in [6.07, 6.45) is 4.48. The molecular formula is C12H15N5O2.